The highest BCUT2D eigenvalue weighted by molar-refractivity contribution is 9.10. The molecule has 7 heteroatoms. The predicted molar refractivity (Wildman–Crippen MR) is 161 cm³/mol. The van der Waals surface area contributed by atoms with Crippen molar-refractivity contribution in [1.29, 1.82) is 0 Å². The van der Waals surface area contributed by atoms with Crippen LogP contribution in [0, 0.1) is 11.3 Å². The lowest BCUT2D eigenvalue weighted by Crippen LogP contribution is -2.51. The molecule has 39 heavy (non-hydrogen) atoms. The van der Waals surface area contributed by atoms with Gasteiger partial charge in [0.1, 0.15) is 0 Å². The number of hydrogen-bond donors (Lipinski definition) is 3. The Labute approximate surface area is 241 Å². The zero-order valence-corrected chi connectivity index (χ0v) is 24.9. The molecule has 3 atom stereocenters. The fourth-order valence-electron chi connectivity index (χ4n) is 5.60. The first-order chi connectivity index (χ1) is 18.7. The largest absolute Gasteiger partial charge is 0.391 e. The molecule has 0 saturated carbocycles. The molecule has 0 radical (unpaired) electrons. The highest BCUT2D eigenvalue weighted by atomic mass is 79.9. The van der Waals surface area contributed by atoms with Crippen LogP contribution >= 0.6 is 15.9 Å². The molecular weight excluding hydrogens is 554 g/mol. The number of halogens is 1. The van der Waals surface area contributed by atoms with Gasteiger partial charge < -0.3 is 21.1 Å². The minimum absolute atomic E-state index is 0.0605. The van der Waals surface area contributed by atoms with Crippen molar-refractivity contribution >= 4 is 27.7 Å². The van der Waals surface area contributed by atoms with Gasteiger partial charge in [-0.05, 0) is 55.9 Å². The predicted octanol–water partition coefficient (Wildman–Crippen LogP) is 5.16. The molecule has 0 fully saturated rings. The number of aliphatic hydroxyl groups excluding tert-OH is 1. The van der Waals surface area contributed by atoms with E-state index in [-0.39, 0.29) is 18.9 Å². The summed E-state index contributed by atoms with van der Waals surface area (Å²) in [5.74, 6) is -1.14. The number of benzene rings is 2. The van der Waals surface area contributed by atoms with Crippen LogP contribution in [-0.4, -0.2) is 47.6 Å². The summed E-state index contributed by atoms with van der Waals surface area (Å²) >= 11 is 3.54. The molecule has 0 aromatic heterocycles. The number of nitrogens with two attached hydrogens (primary N) is 1. The van der Waals surface area contributed by atoms with Gasteiger partial charge >= 0.3 is 0 Å². The van der Waals surface area contributed by atoms with Gasteiger partial charge in [0.25, 0.3) is 0 Å². The Morgan fingerprint density at radius 2 is 1.74 bits per heavy atom. The first-order valence-corrected chi connectivity index (χ1v) is 14.7. The standard InChI is InChI=1S/C32H42BrN3O3/c1-4-14-36(15-5-2)30(38)26-16-23(3)19-32(20-26,31(34)39)28(18-25-12-9-13-27(33)17-25)29(37)22-35-21-24-10-7-6-8-11-24/h6-13,16-17,19,28-29,35,37H,4-5,14-15,18,20-22H2,1-3H3,(H2,34,39)/t28-,29+,32?/m1/s1. The SMILES string of the molecule is CCCN(CCC)C(=O)C1=CC(C)=CC(C(N)=O)([C@H](Cc2cccc(Br)c2)[C@@H](O)CNCc2ccccc2)C1. The summed E-state index contributed by atoms with van der Waals surface area (Å²) in [6.45, 7) is 8.18. The zero-order valence-electron chi connectivity index (χ0n) is 23.3. The fourth-order valence-corrected chi connectivity index (χ4v) is 6.04. The summed E-state index contributed by atoms with van der Waals surface area (Å²) in [7, 11) is 0. The van der Waals surface area contributed by atoms with Crippen molar-refractivity contribution in [3.8, 4) is 0 Å². The molecule has 3 rings (SSSR count). The van der Waals surface area contributed by atoms with Crippen LogP contribution in [0.4, 0.5) is 0 Å². The van der Waals surface area contributed by atoms with Crippen molar-refractivity contribution in [2.45, 2.75) is 59.1 Å². The quantitative estimate of drug-likeness (QED) is 0.281. The van der Waals surface area contributed by atoms with E-state index >= 15 is 0 Å². The Morgan fingerprint density at radius 3 is 2.36 bits per heavy atom. The summed E-state index contributed by atoms with van der Waals surface area (Å²) < 4.78 is 0.921. The van der Waals surface area contributed by atoms with Gasteiger partial charge in [-0.3, -0.25) is 9.59 Å². The lowest BCUT2D eigenvalue weighted by molar-refractivity contribution is -0.132. The van der Waals surface area contributed by atoms with E-state index < -0.39 is 23.3 Å². The number of amides is 2. The number of aliphatic hydroxyl groups is 1. The van der Waals surface area contributed by atoms with E-state index in [1.807, 2.05) is 78.6 Å². The van der Waals surface area contributed by atoms with Crippen molar-refractivity contribution < 1.29 is 14.7 Å². The van der Waals surface area contributed by atoms with Crippen LogP contribution in [0.1, 0.15) is 51.2 Å². The third-order valence-corrected chi connectivity index (χ3v) is 7.87. The molecule has 2 amide bonds. The number of carbonyl (C=O) groups excluding carboxylic acids is 2. The molecule has 6 nitrogen and oxygen atoms in total. The van der Waals surface area contributed by atoms with Gasteiger partial charge in [-0.25, -0.2) is 0 Å². The Bertz CT molecular complexity index is 1170. The maximum atomic E-state index is 13.7. The number of carbonyl (C=O) groups is 2. The summed E-state index contributed by atoms with van der Waals surface area (Å²) in [5.41, 5.74) is 8.42. The molecule has 0 saturated heterocycles. The summed E-state index contributed by atoms with van der Waals surface area (Å²) in [6.07, 6.45) is 5.16. The Hall–Kier alpha value is -2.74. The van der Waals surface area contributed by atoms with E-state index in [2.05, 4.69) is 35.1 Å². The van der Waals surface area contributed by atoms with Crippen LogP contribution in [0.5, 0.6) is 0 Å². The van der Waals surface area contributed by atoms with Gasteiger partial charge in [0.15, 0.2) is 0 Å². The lowest BCUT2D eigenvalue weighted by atomic mass is 9.63. The monoisotopic (exact) mass is 595 g/mol. The van der Waals surface area contributed by atoms with E-state index in [4.69, 9.17) is 5.73 Å². The van der Waals surface area contributed by atoms with E-state index in [0.717, 1.165) is 34.0 Å². The topological polar surface area (TPSA) is 95.7 Å². The first-order valence-electron chi connectivity index (χ1n) is 13.9. The molecular formula is C32H42BrN3O3. The summed E-state index contributed by atoms with van der Waals surface area (Å²) in [4.78, 5) is 28.9. The van der Waals surface area contributed by atoms with Crippen LogP contribution in [-0.2, 0) is 22.6 Å². The molecule has 4 N–H and O–H groups in total. The molecule has 1 unspecified atom stereocenters. The number of primary amides is 1. The second-order valence-corrected chi connectivity index (χ2v) is 11.5. The van der Waals surface area contributed by atoms with E-state index in [1.54, 1.807) is 0 Å². The molecule has 0 spiro atoms. The number of nitrogens with one attached hydrogen (secondary N) is 1. The molecule has 0 heterocycles. The Balaban J connectivity index is 1.96. The normalized spacial score (nSPS) is 18.6. The van der Waals surface area contributed by atoms with Gasteiger partial charge in [0, 0.05) is 42.1 Å². The number of nitrogens with zero attached hydrogens (tertiary/aromatic N) is 1. The van der Waals surface area contributed by atoms with Gasteiger partial charge in [-0.1, -0.05) is 90.0 Å². The van der Waals surface area contributed by atoms with E-state index in [0.29, 0.717) is 31.6 Å². The average Bonchev–Trinajstić information content (AvgIpc) is 2.91. The summed E-state index contributed by atoms with van der Waals surface area (Å²) in [5, 5.41) is 15.0. The maximum absolute atomic E-state index is 13.7. The second-order valence-electron chi connectivity index (χ2n) is 10.6. The van der Waals surface area contributed by atoms with Crippen LogP contribution in [0.15, 0.2) is 82.4 Å². The minimum Gasteiger partial charge on any atom is -0.391 e. The zero-order chi connectivity index (χ0) is 28.4. The van der Waals surface area contributed by atoms with Crippen molar-refractivity contribution in [3.63, 3.8) is 0 Å². The highest BCUT2D eigenvalue weighted by Crippen LogP contribution is 2.44. The van der Waals surface area contributed by atoms with Gasteiger partial charge in [-0.2, -0.15) is 0 Å². The van der Waals surface area contributed by atoms with Crippen LogP contribution in [0.25, 0.3) is 0 Å². The minimum atomic E-state index is -1.22. The average molecular weight is 597 g/mol. The van der Waals surface area contributed by atoms with Crippen molar-refractivity contribution in [3.05, 3.63) is 93.5 Å². The van der Waals surface area contributed by atoms with E-state index in [9.17, 15) is 14.7 Å². The van der Waals surface area contributed by atoms with Gasteiger partial charge in [0.05, 0.1) is 11.5 Å². The van der Waals surface area contributed by atoms with Crippen LogP contribution in [0.2, 0.25) is 0 Å². The molecule has 1 aliphatic rings. The highest BCUT2D eigenvalue weighted by Gasteiger charge is 2.48. The third kappa shape index (κ3) is 8.13. The first kappa shape index (κ1) is 30.8. The van der Waals surface area contributed by atoms with E-state index in [1.165, 1.54) is 0 Å². The van der Waals surface area contributed by atoms with Crippen LogP contribution < -0.4 is 11.1 Å². The number of allylic oxidation sites excluding steroid dienone is 2. The third-order valence-electron chi connectivity index (χ3n) is 7.37. The van der Waals surface area contributed by atoms with Crippen LogP contribution in [0.3, 0.4) is 0 Å². The van der Waals surface area contributed by atoms with Crippen molar-refractivity contribution in [2.24, 2.45) is 17.1 Å². The molecule has 210 valence electrons. The molecule has 1 aliphatic carbocycles. The second kappa shape index (κ2) is 14.6. The van der Waals surface area contributed by atoms with Gasteiger partial charge in [-0.15, -0.1) is 0 Å². The Kier molecular flexibility index (Phi) is 11.5. The smallest absolute Gasteiger partial charge is 0.249 e. The maximum Gasteiger partial charge on any atom is 0.249 e. The summed E-state index contributed by atoms with van der Waals surface area (Å²) in [6, 6.07) is 17.8. The number of rotatable bonds is 14. The fraction of sp³-hybridized carbons (Fsp3) is 0.438. The molecule has 0 bridgehead atoms. The van der Waals surface area contributed by atoms with Crippen molar-refractivity contribution in [2.75, 3.05) is 19.6 Å². The Morgan fingerprint density at radius 1 is 1.08 bits per heavy atom. The molecule has 2 aromatic rings. The van der Waals surface area contributed by atoms with Crippen molar-refractivity contribution in [1.82, 2.24) is 10.2 Å². The molecule has 0 aliphatic heterocycles. The number of hydrogen-bond acceptors (Lipinski definition) is 4. The lowest BCUT2D eigenvalue weighted by Gasteiger charge is -2.42. The van der Waals surface area contributed by atoms with Gasteiger partial charge in [0.2, 0.25) is 11.8 Å². The molecule has 2 aromatic carbocycles.